The summed E-state index contributed by atoms with van der Waals surface area (Å²) in [6, 6.07) is 15.6. The SMILES string of the molecule is COc1ccccc1C(N)c1nc2ccccc2s1. The molecule has 0 amide bonds. The molecule has 3 nitrogen and oxygen atoms in total. The number of methoxy groups -OCH3 is 1. The van der Waals surface area contributed by atoms with Crippen molar-refractivity contribution in [2.24, 2.45) is 5.73 Å². The molecule has 0 radical (unpaired) electrons. The number of rotatable bonds is 3. The van der Waals surface area contributed by atoms with Crippen molar-refractivity contribution in [2.45, 2.75) is 6.04 Å². The van der Waals surface area contributed by atoms with Gasteiger partial charge in [-0.25, -0.2) is 4.98 Å². The molecule has 0 bridgehead atoms. The molecule has 0 aliphatic carbocycles. The third kappa shape index (κ3) is 2.20. The number of hydrogen-bond acceptors (Lipinski definition) is 4. The Balaban J connectivity index is 2.05. The minimum absolute atomic E-state index is 0.256. The van der Waals surface area contributed by atoms with Crippen molar-refractivity contribution in [3.63, 3.8) is 0 Å². The summed E-state index contributed by atoms with van der Waals surface area (Å²) in [6.45, 7) is 0. The lowest BCUT2D eigenvalue weighted by Crippen LogP contribution is -2.12. The highest BCUT2D eigenvalue weighted by Gasteiger charge is 2.17. The van der Waals surface area contributed by atoms with E-state index in [9.17, 15) is 0 Å². The minimum atomic E-state index is -0.256. The average molecular weight is 270 g/mol. The Bertz CT molecular complexity index is 675. The number of benzene rings is 2. The summed E-state index contributed by atoms with van der Waals surface area (Å²) in [5, 5.41) is 0.908. The molecule has 3 rings (SSSR count). The fourth-order valence-corrected chi connectivity index (χ4v) is 3.07. The van der Waals surface area contributed by atoms with E-state index in [0.717, 1.165) is 26.5 Å². The standard InChI is InChI=1S/C15H14N2OS/c1-18-12-8-4-2-6-10(12)14(16)15-17-11-7-3-5-9-13(11)19-15/h2-9,14H,16H2,1H3. The Morgan fingerprint density at radius 3 is 2.63 bits per heavy atom. The van der Waals surface area contributed by atoms with E-state index in [1.165, 1.54) is 0 Å². The summed E-state index contributed by atoms with van der Waals surface area (Å²) < 4.78 is 6.51. The molecule has 0 spiro atoms. The van der Waals surface area contributed by atoms with Crippen molar-refractivity contribution in [1.29, 1.82) is 0 Å². The molecule has 0 saturated heterocycles. The van der Waals surface area contributed by atoms with Gasteiger partial charge in [-0.05, 0) is 18.2 Å². The van der Waals surface area contributed by atoms with Gasteiger partial charge in [-0.3, -0.25) is 0 Å². The van der Waals surface area contributed by atoms with Gasteiger partial charge in [0, 0.05) is 5.56 Å². The smallest absolute Gasteiger partial charge is 0.124 e. The van der Waals surface area contributed by atoms with Gasteiger partial charge in [0.1, 0.15) is 10.8 Å². The number of ether oxygens (including phenoxy) is 1. The van der Waals surface area contributed by atoms with Crippen LogP contribution in [0.1, 0.15) is 16.6 Å². The summed E-state index contributed by atoms with van der Waals surface area (Å²) in [4.78, 5) is 4.60. The van der Waals surface area contributed by atoms with Gasteiger partial charge < -0.3 is 10.5 Å². The van der Waals surface area contributed by atoms with Crippen LogP contribution < -0.4 is 10.5 Å². The summed E-state index contributed by atoms with van der Waals surface area (Å²) in [7, 11) is 1.66. The molecular formula is C15H14N2OS. The monoisotopic (exact) mass is 270 g/mol. The lowest BCUT2D eigenvalue weighted by molar-refractivity contribution is 0.408. The van der Waals surface area contributed by atoms with Crippen molar-refractivity contribution in [3.05, 3.63) is 59.1 Å². The molecule has 2 N–H and O–H groups in total. The largest absolute Gasteiger partial charge is 0.496 e. The molecule has 1 heterocycles. The first kappa shape index (κ1) is 12.1. The van der Waals surface area contributed by atoms with E-state index in [4.69, 9.17) is 10.5 Å². The molecule has 4 heteroatoms. The van der Waals surface area contributed by atoms with Gasteiger partial charge in [0.15, 0.2) is 0 Å². The Labute approximate surface area is 115 Å². The molecule has 0 saturated carbocycles. The zero-order valence-electron chi connectivity index (χ0n) is 10.5. The minimum Gasteiger partial charge on any atom is -0.496 e. The number of aromatic nitrogens is 1. The van der Waals surface area contributed by atoms with Gasteiger partial charge in [0.25, 0.3) is 0 Å². The Morgan fingerprint density at radius 2 is 1.84 bits per heavy atom. The number of nitrogens with zero attached hydrogens (tertiary/aromatic N) is 1. The van der Waals surface area contributed by atoms with Crippen molar-refractivity contribution in [3.8, 4) is 5.75 Å². The van der Waals surface area contributed by atoms with Crippen LogP contribution in [-0.2, 0) is 0 Å². The number of nitrogens with two attached hydrogens (primary N) is 1. The summed E-state index contributed by atoms with van der Waals surface area (Å²) in [5.74, 6) is 0.800. The van der Waals surface area contributed by atoms with Crippen LogP contribution in [0.4, 0.5) is 0 Å². The Kier molecular flexibility index (Phi) is 3.19. The molecule has 2 aromatic carbocycles. The second kappa shape index (κ2) is 4.99. The number of thiazole rings is 1. The molecule has 3 aromatic rings. The first-order chi connectivity index (χ1) is 9.29. The van der Waals surface area contributed by atoms with E-state index >= 15 is 0 Å². The Hall–Kier alpha value is -1.91. The molecule has 1 unspecified atom stereocenters. The molecule has 19 heavy (non-hydrogen) atoms. The highest BCUT2D eigenvalue weighted by molar-refractivity contribution is 7.18. The van der Waals surface area contributed by atoms with Gasteiger partial charge in [0.2, 0.25) is 0 Å². The molecule has 0 fully saturated rings. The van der Waals surface area contributed by atoms with Crippen LogP contribution in [0.25, 0.3) is 10.2 Å². The summed E-state index contributed by atoms with van der Waals surface area (Å²) in [6.07, 6.45) is 0. The second-order valence-electron chi connectivity index (χ2n) is 4.24. The average Bonchev–Trinajstić information content (AvgIpc) is 2.90. The molecular weight excluding hydrogens is 256 g/mol. The third-order valence-corrected chi connectivity index (χ3v) is 4.17. The van der Waals surface area contributed by atoms with Gasteiger partial charge in [-0.15, -0.1) is 11.3 Å². The van der Waals surface area contributed by atoms with E-state index in [1.807, 2.05) is 42.5 Å². The topological polar surface area (TPSA) is 48.1 Å². The van der Waals surface area contributed by atoms with E-state index in [-0.39, 0.29) is 6.04 Å². The predicted octanol–water partition coefficient (Wildman–Crippen LogP) is 3.35. The van der Waals surface area contributed by atoms with Crippen molar-refractivity contribution >= 4 is 21.6 Å². The van der Waals surface area contributed by atoms with E-state index in [0.29, 0.717) is 0 Å². The van der Waals surface area contributed by atoms with E-state index < -0.39 is 0 Å². The second-order valence-corrected chi connectivity index (χ2v) is 5.30. The van der Waals surface area contributed by atoms with Crippen LogP contribution in [0.3, 0.4) is 0 Å². The van der Waals surface area contributed by atoms with Crippen LogP contribution in [0, 0.1) is 0 Å². The van der Waals surface area contributed by atoms with Gasteiger partial charge >= 0.3 is 0 Å². The maximum atomic E-state index is 6.32. The lowest BCUT2D eigenvalue weighted by atomic mass is 10.1. The summed E-state index contributed by atoms with van der Waals surface area (Å²) in [5.41, 5.74) is 8.28. The van der Waals surface area contributed by atoms with Crippen LogP contribution in [0.5, 0.6) is 5.75 Å². The van der Waals surface area contributed by atoms with Crippen LogP contribution in [0.15, 0.2) is 48.5 Å². The lowest BCUT2D eigenvalue weighted by Gasteiger charge is -2.13. The highest BCUT2D eigenvalue weighted by atomic mass is 32.1. The third-order valence-electron chi connectivity index (χ3n) is 3.05. The predicted molar refractivity (Wildman–Crippen MR) is 78.6 cm³/mol. The highest BCUT2D eigenvalue weighted by Crippen LogP contribution is 2.32. The zero-order valence-corrected chi connectivity index (χ0v) is 11.4. The molecule has 0 aliphatic rings. The van der Waals surface area contributed by atoms with Gasteiger partial charge in [-0.2, -0.15) is 0 Å². The zero-order chi connectivity index (χ0) is 13.2. The van der Waals surface area contributed by atoms with Crippen molar-refractivity contribution in [2.75, 3.05) is 7.11 Å². The van der Waals surface area contributed by atoms with Crippen molar-refractivity contribution < 1.29 is 4.74 Å². The molecule has 1 atom stereocenters. The molecule has 96 valence electrons. The summed E-state index contributed by atoms with van der Waals surface area (Å²) >= 11 is 1.63. The first-order valence-electron chi connectivity index (χ1n) is 6.03. The fraction of sp³-hybridized carbons (Fsp3) is 0.133. The van der Waals surface area contributed by atoms with Crippen LogP contribution in [-0.4, -0.2) is 12.1 Å². The van der Waals surface area contributed by atoms with E-state index in [2.05, 4.69) is 11.1 Å². The van der Waals surface area contributed by atoms with Crippen molar-refractivity contribution in [1.82, 2.24) is 4.98 Å². The first-order valence-corrected chi connectivity index (χ1v) is 6.85. The Morgan fingerprint density at radius 1 is 1.11 bits per heavy atom. The molecule has 0 aliphatic heterocycles. The normalized spacial score (nSPS) is 12.5. The number of para-hydroxylation sites is 2. The van der Waals surface area contributed by atoms with E-state index in [1.54, 1.807) is 18.4 Å². The molecule has 1 aromatic heterocycles. The van der Waals surface area contributed by atoms with Gasteiger partial charge in [0.05, 0.1) is 23.4 Å². The number of fused-ring (bicyclic) bond motifs is 1. The fourth-order valence-electron chi connectivity index (χ4n) is 2.08. The maximum Gasteiger partial charge on any atom is 0.124 e. The number of hydrogen-bond donors (Lipinski definition) is 1. The van der Waals surface area contributed by atoms with Crippen LogP contribution >= 0.6 is 11.3 Å². The van der Waals surface area contributed by atoms with Gasteiger partial charge in [-0.1, -0.05) is 30.3 Å². The quantitative estimate of drug-likeness (QED) is 0.794. The maximum absolute atomic E-state index is 6.32. The van der Waals surface area contributed by atoms with Crippen LogP contribution in [0.2, 0.25) is 0 Å².